The van der Waals surface area contributed by atoms with Gasteiger partial charge in [0.05, 0.1) is 3.79 Å². The number of carbonyl (C=O) groups is 1. The van der Waals surface area contributed by atoms with Crippen molar-refractivity contribution in [2.45, 2.75) is 19.8 Å². The number of anilines is 1. The largest absolute Gasteiger partial charge is 0.370 e. The topological polar surface area (TPSA) is 54.0 Å². The van der Waals surface area contributed by atoms with Crippen molar-refractivity contribution in [1.82, 2.24) is 10.3 Å². The standard InChI is InChI=1S/C15H18BrN3OS/c1-2-9-17-14-5-3-4-12(19-14)15(20)18-10-8-11-6-7-13(16)21-11/h3-7H,2,8-10H2,1H3,(H,17,19)(H,18,20). The Hall–Kier alpha value is -1.40. The molecular formula is C15H18BrN3OS. The molecule has 21 heavy (non-hydrogen) atoms. The summed E-state index contributed by atoms with van der Waals surface area (Å²) < 4.78 is 1.11. The highest BCUT2D eigenvalue weighted by atomic mass is 79.9. The fourth-order valence-electron chi connectivity index (χ4n) is 1.79. The number of halogens is 1. The van der Waals surface area contributed by atoms with E-state index in [1.807, 2.05) is 18.2 Å². The second-order valence-electron chi connectivity index (χ2n) is 4.55. The van der Waals surface area contributed by atoms with E-state index in [0.29, 0.717) is 12.2 Å². The first-order valence-electron chi connectivity index (χ1n) is 6.92. The lowest BCUT2D eigenvalue weighted by atomic mass is 10.3. The van der Waals surface area contributed by atoms with Gasteiger partial charge in [0.25, 0.3) is 5.91 Å². The Bertz CT molecular complexity index is 600. The number of amides is 1. The molecule has 4 nitrogen and oxygen atoms in total. The van der Waals surface area contributed by atoms with Crippen molar-refractivity contribution in [1.29, 1.82) is 0 Å². The maximum absolute atomic E-state index is 12.1. The van der Waals surface area contributed by atoms with Crippen LogP contribution in [0, 0.1) is 0 Å². The Morgan fingerprint density at radius 1 is 1.29 bits per heavy atom. The Morgan fingerprint density at radius 3 is 2.86 bits per heavy atom. The zero-order chi connectivity index (χ0) is 15.1. The van der Waals surface area contributed by atoms with Gasteiger partial charge in [-0.25, -0.2) is 4.98 Å². The molecule has 6 heteroatoms. The molecule has 0 aliphatic rings. The minimum absolute atomic E-state index is 0.134. The Kier molecular flexibility index (Phi) is 6.20. The monoisotopic (exact) mass is 367 g/mol. The number of nitrogens with zero attached hydrogens (tertiary/aromatic N) is 1. The van der Waals surface area contributed by atoms with Crippen LogP contribution in [-0.2, 0) is 6.42 Å². The number of nitrogens with one attached hydrogen (secondary N) is 2. The van der Waals surface area contributed by atoms with Gasteiger partial charge in [-0.15, -0.1) is 11.3 Å². The Morgan fingerprint density at radius 2 is 2.14 bits per heavy atom. The summed E-state index contributed by atoms with van der Waals surface area (Å²) in [5.41, 5.74) is 0.448. The van der Waals surface area contributed by atoms with Crippen molar-refractivity contribution >= 4 is 39.0 Å². The van der Waals surface area contributed by atoms with Gasteiger partial charge in [0, 0.05) is 18.0 Å². The number of carbonyl (C=O) groups excluding carboxylic acids is 1. The summed E-state index contributed by atoms with van der Waals surface area (Å²) in [6.45, 7) is 3.55. The maximum atomic E-state index is 12.1. The zero-order valence-corrected chi connectivity index (χ0v) is 14.3. The van der Waals surface area contributed by atoms with E-state index in [1.165, 1.54) is 4.88 Å². The molecule has 112 valence electrons. The van der Waals surface area contributed by atoms with E-state index in [9.17, 15) is 4.79 Å². The van der Waals surface area contributed by atoms with Crippen LogP contribution in [0.4, 0.5) is 5.82 Å². The van der Waals surface area contributed by atoms with Crippen molar-refractivity contribution in [2.24, 2.45) is 0 Å². The van der Waals surface area contributed by atoms with Gasteiger partial charge >= 0.3 is 0 Å². The predicted octanol–water partition coefficient (Wildman–Crippen LogP) is 3.70. The highest BCUT2D eigenvalue weighted by molar-refractivity contribution is 9.11. The van der Waals surface area contributed by atoms with Crippen LogP contribution in [0.5, 0.6) is 0 Å². The molecule has 0 saturated heterocycles. The maximum Gasteiger partial charge on any atom is 0.269 e. The molecule has 0 aliphatic heterocycles. The zero-order valence-electron chi connectivity index (χ0n) is 11.9. The van der Waals surface area contributed by atoms with Gasteiger partial charge in [0.2, 0.25) is 0 Å². The van der Waals surface area contributed by atoms with Crippen LogP contribution in [0.1, 0.15) is 28.7 Å². The van der Waals surface area contributed by atoms with E-state index in [1.54, 1.807) is 17.4 Å². The van der Waals surface area contributed by atoms with Crippen molar-refractivity contribution in [3.8, 4) is 0 Å². The van der Waals surface area contributed by atoms with E-state index >= 15 is 0 Å². The molecule has 2 rings (SSSR count). The second kappa shape index (κ2) is 8.14. The third-order valence-electron chi connectivity index (χ3n) is 2.82. The van der Waals surface area contributed by atoms with E-state index in [0.717, 1.165) is 29.0 Å². The number of aromatic nitrogens is 1. The van der Waals surface area contributed by atoms with Gasteiger partial charge in [-0.1, -0.05) is 13.0 Å². The molecule has 0 unspecified atom stereocenters. The smallest absolute Gasteiger partial charge is 0.269 e. The number of hydrogen-bond donors (Lipinski definition) is 2. The van der Waals surface area contributed by atoms with Gasteiger partial charge in [-0.3, -0.25) is 4.79 Å². The van der Waals surface area contributed by atoms with Crippen LogP contribution in [0.3, 0.4) is 0 Å². The lowest BCUT2D eigenvalue weighted by Crippen LogP contribution is -2.26. The average Bonchev–Trinajstić information content (AvgIpc) is 2.91. The van der Waals surface area contributed by atoms with Gasteiger partial charge in [-0.2, -0.15) is 0 Å². The van der Waals surface area contributed by atoms with E-state index in [2.05, 4.69) is 44.5 Å². The van der Waals surface area contributed by atoms with Crippen LogP contribution in [-0.4, -0.2) is 24.0 Å². The normalized spacial score (nSPS) is 10.4. The van der Waals surface area contributed by atoms with Crippen LogP contribution in [0.15, 0.2) is 34.1 Å². The molecule has 2 aromatic rings. The SMILES string of the molecule is CCCNc1cccc(C(=O)NCCc2ccc(Br)s2)n1. The number of rotatable bonds is 7. The summed E-state index contributed by atoms with van der Waals surface area (Å²) in [5, 5.41) is 6.08. The third-order valence-corrected chi connectivity index (χ3v) is 4.51. The van der Waals surface area contributed by atoms with Gasteiger partial charge in [-0.05, 0) is 53.0 Å². The summed E-state index contributed by atoms with van der Waals surface area (Å²) in [6, 6.07) is 9.53. The minimum atomic E-state index is -0.134. The molecule has 0 aliphatic carbocycles. The molecule has 0 aromatic carbocycles. The Labute approximate surface area is 137 Å². The van der Waals surface area contributed by atoms with Gasteiger partial charge in [0.15, 0.2) is 0 Å². The van der Waals surface area contributed by atoms with Crippen LogP contribution >= 0.6 is 27.3 Å². The molecule has 2 heterocycles. The summed E-state index contributed by atoms with van der Waals surface area (Å²) in [5.74, 6) is 0.609. The number of thiophene rings is 1. The van der Waals surface area contributed by atoms with Crippen molar-refractivity contribution in [3.05, 3.63) is 44.7 Å². The van der Waals surface area contributed by atoms with Crippen LogP contribution < -0.4 is 10.6 Å². The average molecular weight is 368 g/mol. The lowest BCUT2D eigenvalue weighted by Gasteiger charge is -2.07. The molecule has 0 bridgehead atoms. The first kappa shape index (κ1) is 16.0. The lowest BCUT2D eigenvalue weighted by molar-refractivity contribution is 0.0949. The second-order valence-corrected chi connectivity index (χ2v) is 7.09. The molecule has 0 spiro atoms. The third kappa shape index (κ3) is 5.13. The summed E-state index contributed by atoms with van der Waals surface area (Å²) in [4.78, 5) is 17.6. The molecule has 1 amide bonds. The van der Waals surface area contributed by atoms with Gasteiger partial charge < -0.3 is 10.6 Å². The molecule has 0 saturated carbocycles. The first-order valence-corrected chi connectivity index (χ1v) is 8.53. The van der Waals surface area contributed by atoms with Crippen molar-refractivity contribution in [3.63, 3.8) is 0 Å². The van der Waals surface area contributed by atoms with Crippen molar-refractivity contribution < 1.29 is 4.79 Å². The van der Waals surface area contributed by atoms with Crippen LogP contribution in [0.25, 0.3) is 0 Å². The highest BCUT2D eigenvalue weighted by Gasteiger charge is 2.07. The van der Waals surface area contributed by atoms with E-state index in [-0.39, 0.29) is 5.91 Å². The summed E-state index contributed by atoms with van der Waals surface area (Å²) in [7, 11) is 0. The molecule has 2 N–H and O–H groups in total. The predicted molar refractivity (Wildman–Crippen MR) is 91.1 cm³/mol. The number of pyridine rings is 1. The molecule has 0 fully saturated rings. The molecule has 0 radical (unpaired) electrons. The Balaban J connectivity index is 1.85. The van der Waals surface area contributed by atoms with E-state index < -0.39 is 0 Å². The van der Waals surface area contributed by atoms with Crippen LogP contribution in [0.2, 0.25) is 0 Å². The van der Waals surface area contributed by atoms with Crippen molar-refractivity contribution in [2.75, 3.05) is 18.4 Å². The minimum Gasteiger partial charge on any atom is -0.370 e. The molecule has 0 atom stereocenters. The highest BCUT2D eigenvalue weighted by Crippen LogP contribution is 2.22. The van der Waals surface area contributed by atoms with Gasteiger partial charge in [0.1, 0.15) is 11.5 Å². The summed E-state index contributed by atoms with van der Waals surface area (Å²) in [6.07, 6.45) is 1.85. The summed E-state index contributed by atoms with van der Waals surface area (Å²) >= 11 is 5.12. The fourth-order valence-corrected chi connectivity index (χ4v) is 3.27. The molecule has 2 aromatic heterocycles. The number of hydrogen-bond acceptors (Lipinski definition) is 4. The van der Waals surface area contributed by atoms with E-state index in [4.69, 9.17) is 0 Å². The fraction of sp³-hybridized carbons (Fsp3) is 0.333. The quantitative estimate of drug-likeness (QED) is 0.784. The molecular weight excluding hydrogens is 350 g/mol. The first-order chi connectivity index (χ1) is 10.2.